The maximum absolute atomic E-state index is 10.9. The van der Waals surface area contributed by atoms with Crippen LogP contribution >= 0.6 is 11.8 Å². The van der Waals surface area contributed by atoms with Gasteiger partial charge in [-0.1, -0.05) is 0 Å². The summed E-state index contributed by atoms with van der Waals surface area (Å²) in [5, 5.41) is 8.97. The van der Waals surface area contributed by atoms with Crippen molar-refractivity contribution in [3.63, 3.8) is 0 Å². The highest BCUT2D eigenvalue weighted by atomic mass is 32.2. The first-order valence-corrected chi connectivity index (χ1v) is 5.55. The van der Waals surface area contributed by atoms with Crippen LogP contribution in [0, 0.1) is 0 Å². The highest BCUT2D eigenvalue weighted by Gasteiger charge is 2.41. The second-order valence-corrected chi connectivity index (χ2v) is 5.71. The van der Waals surface area contributed by atoms with Gasteiger partial charge in [0.1, 0.15) is 5.69 Å². The van der Waals surface area contributed by atoms with E-state index in [1.165, 1.54) is 0 Å². The van der Waals surface area contributed by atoms with E-state index in [2.05, 4.69) is 13.8 Å². The first-order chi connectivity index (χ1) is 6.52. The van der Waals surface area contributed by atoms with Gasteiger partial charge in [-0.05, 0) is 26.0 Å². The van der Waals surface area contributed by atoms with Crippen molar-refractivity contribution in [1.29, 1.82) is 0 Å². The number of hydrogen-bond donors (Lipinski definition) is 1. The third kappa shape index (κ3) is 1.34. The molecule has 3 nitrogen and oxygen atoms in total. The fourth-order valence-corrected chi connectivity index (χ4v) is 3.01. The van der Waals surface area contributed by atoms with E-state index in [4.69, 9.17) is 5.11 Å². The molecule has 4 heteroatoms. The minimum atomic E-state index is -0.845. The number of aromatic nitrogens is 1. The van der Waals surface area contributed by atoms with Crippen LogP contribution in [-0.4, -0.2) is 26.1 Å². The lowest BCUT2D eigenvalue weighted by Crippen LogP contribution is -2.42. The third-order valence-corrected chi connectivity index (χ3v) is 4.25. The molecule has 0 amide bonds. The minimum absolute atomic E-state index is 0.156. The molecular weight excluding hydrogens is 198 g/mol. The number of carboxylic acid groups (broad SMARTS) is 1. The van der Waals surface area contributed by atoms with Crippen LogP contribution in [0.25, 0.3) is 0 Å². The highest BCUT2D eigenvalue weighted by molar-refractivity contribution is 8.02. The molecule has 1 atom stereocenters. The molecule has 1 fully saturated rings. The summed E-state index contributed by atoms with van der Waals surface area (Å²) < 4.78 is 2.03. The van der Waals surface area contributed by atoms with Gasteiger partial charge in [0.2, 0.25) is 0 Å². The Bertz CT molecular complexity index is 370. The van der Waals surface area contributed by atoms with E-state index >= 15 is 0 Å². The fraction of sp³-hybridized carbons (Fsp3) is 0.500. The summed E-state index contributed by atoms with van der Waals surface area (Å²) >= 11 is 1.88. The Hall–Kier alpha value is -0.900. The van der Waals surface area contributed by atoms with Gasteiger partial charge in [-0.25, -0.2) is 4.79 Å². The number of thioether (sulfide) groups is 1. The van der Waals surface area contributed by atoms with Crippen molar-refractivity contribution in [2.75, 3.05) is 5.75 Å². The SMILES string of the molecule is CC1(C)SCC1n1cccc1C(=O)O. The molecule has 1 saturated heterocycles. The van der Waals surface area contributed by atoms with Gasteiger partial charge >= 0.3 is 5.97 Å². The number of hydrogen-bond acceptors (Lipinski definition) is 2. The van der Waals surface area contributed by atoms with Crippen LogP contribution in [0.4, 0.5) is 0 Å². The summed E-state index contributed by atoms with van der Waals surface area (Å²) in [6.07, 6.45) is 1.86. The molecule has 1 aliphatic heterocycles. The van der Waals surface area contributed by atoms with Crippen LogP contribution in [0.5, 0.6) is 0 Å². The first kappa shape index (κ1) is 9.65. The lowest BCUT2D eigenvalue weighted by molar-refractivity contribution is 0.0682. The molecule has 1 N–H and O–H groups in total. The molecule has 0 radical (unpaired) electrons. The zero-order valence-electron chi connectivity index (χ0n) is 8.23. The molecular formula is C10H13NO2S. The van der Waals surface area contributed by atoms with Crippen LogP contribution in [0.15, 0.2) is 18.3 Å². The van der Waals surface area contributed by atoms with Crippen LogP contribution < -0.4 is 0 Å². The van der Waals surface area contributed by atoms with Crippen LogP contribution in [-0.2, 0) is 0 Å². The molecule has 76 valence electrons. The van der Waals surface area contributed by atoms with Crippen molar-refractivity contribution in [3.8, 4) is 0 Å². The predicted molar refractivity (Wildman–Crippen MR) is 57.0 cm³/mol. The fourth-order valence-electron chi connectivity index (χ4n) is 1.75. The number of rotatable bonds is 2. The summed E-state index contributed by atoms with van der Waals surface area (Å²) in [6.45, 7) is 4.30. The molecule has 0 saturated carbocycles. The summed E-state index contributed by atoms with van der Waals surface area (Å²) in [7, 11) is 0. The van der Waals surface area contributed by atoms with Gasteiger partial charge < -0.3 is 9.67 Å². The maximum atomic E-state index is 10.9. The summed E-state index contributed by atoms with van der Waals surface area (Å²) in [4.78, 5) is 10.9. The molecule has 1 aromatic rings. The van der Waals surface area contributed by atoms with E-state index in [1.54, 1.807) is 12.1 Å². The monoisotopic (exact) mass is 211 g/mol. The van der Waals surface area contributed by atoms with Crippen LogP contribution in [0.3, 0.4) is 0 Å². The van der Waals surface area contributed by atoms with Crippen molar-refractivity contribution < 1.29 is 9.90 Å². The smallest absolute Gasteiger partial charge is 0.352 e. The molecule has 0 aromatic carbocycles. The van der Waals surface area contributed by atoms with Gasteiger partial charge in [0, 0.05) is 16.7 Å². The van der Waals surface area contributed by atoms with E-state index in [-0.39, 0.29) is 4.75 Å². The van der Waals surface area contributed by atoms with E-state index in [0.29, 0.717) is 11.7 Å². The van der Waals surface area contributed by atoms with Crippen molar-refractivity contribution in [2.45, 2.75) is 24.6 Å². The predicted octanol–water partition coefficient (Wildman–Crippen LogP) is 2.25. The molecule has 0 bridgehead atoms. The Balaban J connectivity index is 2.33. The molecule has 1 unspecified atom stereocenters. The molecule has 2 heterocycles. The average molecular weight is 211 g/mol. The van der Waals surface area contributed by atoms with Gasteiger partial charge in [-0.3, -0.25) is 0 Å². The molecule has 1 aromatic heterocycles. The largest absolute Gasteiger partial charge is 0.477 e. The van der Waals surface area contributed by atoms with Crippen LogP contribution in [0.2, 0.25) is 0 Å². The normalized spacial score (nSPS) is 24.3. The Kier molecular flexibility index (Phi) is 2.10. The average Bonchev–Trinajstić information content (AvgIpc) is 2.51. The highest BCUT2D eigenvalue weighted by Crippen LogP contribution is 2.48. The number of carbonyl (C=O) groups is 1. The minimum Gasteiger partial charge on any atom is -0.477 e. The molecule has 0 aliphatic carbocycles. The molecule has 2 rings (SSSR count). The Morgan fingerprint density at radius 2 is 2.43 bits per heavy atom. The molecule has 1 aliphatic rings. The summed E-state index contributed by atoms with van der Waals surface area (Å²) in [5.41, 5.74) is 0.392. The molecule has 14 heavy (non-hydrogen) atoms. The van der Waals surface area contributed by atoms with Crippen LogP contribution in [0.1, 0.15) is 30.4 Å². The number of aromatic carboxylic acids is 1. The molecule has 0 spiro atoms. The van der Waals surface area contributed by atoms with Gasteiger partial charge in [-0.15, -0.1) is 0 Å². The summed E-state index contributed by atoms with van der Waals surface area (Å²) in [5.74, 6) is 0.157. The van der Waals surface area contributed by atoms with E-state index in [9.17, 15) is 4.79 Å². The first-order valence-electron chi connectivity index (χ1n) is 4.56. The summed E-state index contributed by atoms with van der Waals surface area (Å²) in [6, 6.07) is 3.76. The zero-order valence-corrected chi connectivity index (χ0v) is 9.04. The van der Waals surface area contributed by atoms with Crippen molar-refractivity contribution in [2.24, 2.45) is 0 Å². The van der Waals surface area contributed by atoms with Gasteiger partial charge in [0.25, 0.3) is 0 Å². The van der Waals surface area contributed by atoms with Crippen molar-refractivity contribution in [1.82, 2.24) is 4.57 Å². The van der Waals surface area contributed by atoms with Gasteiger partial charge in [0.05, 0.1) is 6.04 Å². The second-order valence-electron chi connectivity index (χ2n) is 4.04. The van der Waals surface area contributed by atoms with E-state index in [0.717, 1.165) is 5.75 Å². The lowest BCUT2D eigenvalue weighted by atomic mass is 10.0. The van der Waals surface area contributed by atoms with E-state index in [1.807, 2.05) is 22.5 Å². The van der Waals surface area contributed by atoms with Gasteiger partial charge in [-0.2, -0.15) is 11.8 Å². The number of nitrogens with zero attached hydrogens (tertiary/aromatic N) is 1. The quantitative estimate of drug-likeness (QED) is 0.815. The van der Waals surface area contributed by atoms with Crippen molar-refractivity contribution >= 4 is 17.7 Å². The lowest BCUT2D eigenvalue weighted by Gasteiger charge is -2.44. The topological polar surface area (TPSA) is 42.2 Å². The van der Waals surface area contributed by atoms with Gasteiger partial charge in [0.15, 0.2) is 0 Å². The van der Waals surface area contributed by atoms with E-state index < -0.39 is 5.97 Å². The second kappa shape index (κ2) is 3.05. The maximum Gasteiger partial charge on any atom is 0.352 e. The Morgan fingerprint density at radius 1 is 1.71 bits per heavy atom. The Labute approximate surface area is 87.1 Å². The Morgan fingerprint density at radius 3 is 2.86 bits per heavy atom. The van der Waals surface area contributed by atoms with Crippen molar-refractivity contribution in [3.05, 3.63) is 24.0 Å². The standard InChI is InChI=1S/C10H13NO2S/c1-10(2)8(6-14-10)11-5-3-4-7(11)9(12)13/h3-5,8H,6H2,1-2H3,(H,12,13). The number of carboxylic acids is 1. The zero-order chi connectivity index (χ0) is 10.3. The third-order valence-electron chi connectivity index (χ3n) is 2.75.